The van der Waals surface area contributed by atoms with Gasteiger partial charge in [0.25, 0.3) is 0 Å². The van der Waals surface area contributed by atoms with Crippen molar-refractivity contribution in [3.8, 4) is 0 Å². The molecule has 0 aromatic heterocycles. The zero-order valence-electron chi connectivity index (χ0n) is 11.3. The summed E-state index contributed by atoms with van der Waals surface area (Å²) < 4.78 is 0.710. The average molecular weight is 320 g/mol. The molecule has 2 aromatic rings. The molecule has 7 heteroatoms. The van der Waals surface area contributed by atoms with E-state index in [1.54, 1.807) is 36.4 Å². The minimum Gasteiger partial charge on any atom is -0.478 e. The molecule has 1 aliphatic rings. The Morgan fingerprint density at radius 3 is 2.73 bits per heavy atom. The number of carboxylic acid groups (broad SMARTS) is 1. The molecule has 22 heavy (non-hydrogen) atoms. The highest BCUT2D eigenvalue weighted by atomic mass is 35.5. The van der Waals surface area contributed by atoms with Gasteiger partial charge in [-0.1, -0.05) is 35.9 Å². The van der Waals surface area contributed by atoms with Crippen molar-refractivity contribution in [2.75, 3.05) is 0 Å². The smallest absolute Gasteiger partial charge is 0.350 e. The van der Waals surface area contributed by atoms with Crippen LogP contribution in [0.25, 0.3) is 0 Å². The van der Waals surface area contributed by atoms with Crippen LogP contribution < -0.4 is 5.48 Å². The number of nitroso groups, excluding NO2 is 1. The average Bonchev–Trinajstić information content (AvgIpc) is 2.89. The lowest BCUT2D eigenvalue weighted by molar-refractivity contribution is -0.630. The van der Waals surface area contributed by atoms with Gasteiger partial charge in [0.1, 0.15) is 0 Å². The number of rotatable bonds is 3. The third-order valence-corrected chi connectivity index (χ3v) is 3.74. The van der Waals surface area contributed by atoms with E-state index in [1.165, 1.54) is 12.1 Å². The van der Waals surface area contributed by atoms with Crippen LogP contribution >= 0.6 is 11.6 Å². The Morgan fingerprint density at radius 1 is 1.23 bits per heavy atom. The summed E-state index contributed by atoms with van der Waals surface area (Å²) in [6.07, 6.45) is -1.70. The van der Waals surface area contributed by atoms with E-state index in [1.807, 2.05) is 0 Å². The number of nitrogens with zero attached hydrogens (tertiary/aromatic N) is 1. The van der Waals surface area contributed by atoms with Crippen molar-refractivity contribution in [3.63, 3.8) is 0 Å². The molecule has 1 fully saturated rings. The molecule has 0 aliphatic carbocycles. The van der Waals surface area contributed by atoms with Crippen LogP contribution in [-0.4, -0.2) is 15.8 Å². The number of halogens is 1. The lowest BCUT2D eigenvalue weighted by Crippen LogP contribution is -2.18. The fourth-order valence-corrected chi connectivity index (χ4v) is 2.53. The summed E-state index contributed by atoms with van der Waals surface area (Å²) in [5.74, 6) is -1.05. The predicted octanol–water partition coefficient (Wildman–Crippen LogP) is 3.05. The maximum Gasteiger partial charge on any atom is 0.350 e. The summed E-state index contributed by atoms with van der Waals surface area (Å²) in [4.78, 5) is 28.8. The summed E-state index contributed by atoms with van der Waals surface area (Å²) in [6.45, 7) is 0. The monoisotopic (exact) mass is 319 g/mol. The second kappa shape index (κ2) is 5.84. The zero-order valence-corrected chi connectivity index (χ0v) is 12.0. The van der Waals surface area contributed by atoms with Crippen LogP contribution in [0.15, 0.2) is 48.5 Å². The Bertz CT molecular complexity index is 750. The molecule has 0 spiro atoms. The fraction of sp³-hybridized carbons (Fsp3) is 0.133. The van der Waals surface area contributed by atoms with Crippen LogP contribution in [0.5, 0.6) is 0 Å². The maximum absolute atomic E-state index is 12.5. The molecule has 2 unspecified atom stereocenters. The molecular formula is C15H12ClN2O4+. The fourth-order valence-electron chi connectivity index (χ4n) is 2.30. The van der Waals surface area contributed by atoms with Crippen LogP contribution in [0.1, 0.15) is 33.9 Å². The lowest BCUT2D eigenvalue weighted by atomic mass is 10.1. The summed E-state index contributed by atoms with van der Waals surface area (Å²) in [5.41, 5.74) is 3.78. The Kier molecular flexibility index (Phi) is 3.89. The number of nitrogens with one attached hydrogen (secondary N) is 1. The van der Waals surface area contributed by atoms with E-state index in [0.717, 1.165) is 0 Å². The van der Waals surface area contributed by atoms with E-state index in [9.17, 15) is 9.70 Å². The molecular weight excluding hydrogens is 308 g/mol. The van der Waals surface area contributed by atoms with Crippen LogP contribution in [0.3, 0.4) is 0 Å². The summed E-state index contributed by atoms with van der Waals surface area (Å²) in [7, 11) is 0. The van der Waals surface area contributed by atoms with E-state index in [2.05, 4.69) is 5.48 Å². The molecule has 0 amide bonds. The van der Waals surface area contributed by atoms with Gasteiger partial charge >= 0.3 is 18.4 Å². The van der Waals surface area contributed by atoms with Gasteiger partial charge in [-0.2, -0.15) is 0 Å². The molecule has 0 saturated carbocycles. The molecule has 1 saturated heterocycles. The third-order valence-electron chi connectivity index (χ3n) is 3.40. The first-order valence-corrected chi connectivity index (χ1v) is 6.90. The van der Waals surface area contributed by atoms with Gasteiger partial charge in [-0.25, -0.2) is 9.63 Å². The highest BCUT2D eigenvalue weighted by molar-refractivity contribution is 6.31. The molecule has 112 valence electrons. The lowest BCUT2D eigenvalue weighted by Gasteiger charge is -2.04. The van der Waals surface area contributed by atoms with E-state index >= 15 is 0 Å². The van der Waals surface area contributed by atoms with Gasteiger partial charge in [0.15, 0.2) is 0 Å². The number of hydrogen-bond donors (Lipinski definition) is 2. The second-order valence-corrected chi connectivity index (χ2v) is 5.21. The first-order chi connectivity index (χ1) is 10.6. The molecule has 2 atom stereocenters. The van der Waals surface area contributed by atoms with Crippen molar-refractivity contribution in [3.05, 3.63) is 75.2 Å². The van der Waals surface area contributed by atoms with E-state index in [-0.39, 0.29) is 5.56 Å². The summed E-state index contributed by atoms with van der Waals surface area (Å²) in [5, 5.41) is 9.45. The first-order valence-electron chi connectivity index (χ1n) is 6.52. The van der Waals surface area contributed by atoms with Crippen molar-refractivity contribution in [2.24, 2.45) is 0 Å². The predicted molar refractivity (Wildman–Crippen MR) is 78.2 cm³/mol. The van der Waals surface area contributed by atoms with Crippen LogP contribution in [-0.2, 0) is 4.84 Å². The number of carboxylic acids is 1. The Hall–Kier alpha value is -2.28. The third kappa shape index (κ3) is 2.59. The van der Waals surface area contributed by atoms with Crippen molar-refractivity contribution in [1.29, 1.82) is 0 Å². The topological polar surface area (TPSA) is 78.6 Å². The van der Waals surface area contributed by atoms with Crippen molar-refractivity contribution in [1.82, 2.24) is 5.48 Å². The van der Waals surface area contributed by atoms with Crippen molar-refractivity contribution in [2.45, 2.75) is 12.4 Å². The number of aromatic carboxylic acids is 1. The zero-order chi connectivity index (χ0) is 15.7. The molecule has 2 aromatic carbocycles. The molecule has 0 bridgehead atoms. The normalized spacial score (nSPS) is 21.0. The number of hydroxylamine groups is 1. The van der Waals surface area contributed by atoms with E-state index in [4.69, 9.17) is 21.5 Å². The van der Waals surface area contributed by atoms with E-state index < -0.39 is 18.4 Å². The Labute approximate surface area is 130 Å². The van der Waals surface area contributed by atoms with Crippen LogP contribution in [0.4, 0.5) is 0 Å². The molecule has 6 nitrogen and oxygen atoms in total. The van der Waals surface area contributed by atoms with Crippen molar-refractivity contribution < 1.29 is 19.5 Å². The molecule has 2 N–H and O–H groups in total. The van der Waals surface area contributed by atoms with Crippen molar-refractivity contribution >= 4 is 17.6 Å². The van der Waals surface area contributed by atoms with Gasteiger partial charge in [0.05, 0.1) is 20.9 Å². The second-order valence-electron chi connectivity index (χ2n) is 4.80. The molecule has 1 aliphatic heterocycles. The summed E-state index contributed by atoms with van der Waals surface area (Å²) >= 11 is 6.08. The SMILES string of the molecule is O=C(O)c1cccc(C2NOC(c3ccccc3Cl)[N+]2=O)c1. The van der Waals surface area contributed by atoms with Gasteiger partial charge in [0, 0.05) is 10.5 Å². The maximum atomic E-state index is 12.5. The quantitative estimate of drug-likeness (QED) is 0.850. The van der Waals surface area contributed by atoms with Gasteiger partial charge < -0.3 is 5.11 Å². The highest BCUT2D eigenvalue weighted by Gasteiger charge is 2.46. The molecule has 1 heterocycles. The van der Waals surface area contributed by atoms with Gasteiger partial charge in [-0.15, -0.1) is 5.48 Å². The van der Waals surface area contributed by atoms with Gasteiger partial charge in [-0.05, 0) is 24.3 Å². The number of benzene rings is 2. The Balaban J connectivity index is 1.90. The van der Waals surface area contributed by atoms with E-state index in [0.29, 0.717) is 20.9 Å². The number of hydrogen-bond acceptors (Lipinski definition) is 4. The van der Waals surface area contributed by atoms with Crippen LogP contribution in [0, 0.1) is 4.91 Å². The largest absolute Gasteiger partial charge is 0.478 e. The minimum atomic E-state index is -1.05. The highest BCUT2D eigenvalue weighted by Crippen LogP contribution is 2.34. The minimum absolute atomic E-state index is 0.105. The molecule has 0 radical (unpaired) electrons. The van der Waals surface area contributed by atoms with Gasteiger partial charge in [0.2, 0.25) is 0 Å². The standard InChI is InChI=1S/C15H11ClN2O4/c16-12-7-2-1-6-11(12)14-18(21)13(17-22-14)9-4-3-5-10(8-9)15(19)20/h1-8,13-14,17H/p+1. The Morgan fingerprint density at radius 2 is 2.00 bits per heavy atom. The summed E-state index contributed by atoms with van der Waals surface area (Å²) in [6, 6.07) is 13.0. The van der Waals surface area contributed by atoms with Crippen LogP contribution in [0.2, 0.25) is 5.02 Å². The first kappa shape index (κ1) is 14.6. The molecule has 3 rings (SSSR count). The number of carbonyl (C=O) groups is 1. The van der Waals surface area contributed by atoms with Gasteiger partial charge in [-0.3, -0.25) is 0 Å².